The SMILES string of the molecule is COc1ccc(C[NH+]2CCN(C(=O)c3cc(S(C)(=O)=O)ccc3C)CC2)cc1. The van der Waals surface area contributed by atoms with E-state index in [0.717, 1.165) is 37.2 Å². The van der Waals surface area contributed by atoms with Gasteiger partial charge in [-0.1, -0.05) is 6.07 Å². The van der Waals surface area contributed by atoms with Gasteiger partial charge in [-0.2, -0.15) is 0 Å². The lowest BCUT2D eigenvalue weighted by Crippen LogP contribution is -3.13. The molecule has 0 bridgehead atoms. The van der Waals surface area contributed by atoms with Gasteiger partial charge in [0.05, 0.1) is 38.2 Å². The van der Waals surface area contributed by atoms with Crippen molar-refractivity contribution in [3.63, 3.8) is 0 Å². The molecule has 0 aliphatic carbocycles. The van der Waals surface area contributed by atoms with Crippen LogP contribution in [0, 0.1) is 6.92 Å². The first kappa shape index (κ1) is 20.4. The topological polar surface area (TPSA) is 68.1 Å². The highest BCUT2D eigenvalue weighted by Crippen LogP contribution is 2.18. The van der Waals surface area contributed by atoms with Gasteiger partial charge in [0.1, 0.15) is 12.3 Å². The van der Waals surface area contributed by atoms with Crippen LogP contribution in [0.3, 0.4) is 0 Å². The lowest BCUT2D eigenvalue weighted by Gasteiger charge is -2.32. The Morgan fingerprint density at radius 2 is 1.75 bits per heavy atom. The number of methoxy groups -OCH3 is 1. The number of quaternary nitrogens is 1. The fraction of sp³-hybridized carbons (Fsp3) is 0.381. The van der Waals surface area contributed by atoms with Crippen molar-refractivity contribution in [2.45, 2.75) is 18.4 Å². The van der Waals surface area contributed by atoms with Crippen molar-refractivity contribution in [1.82, 2.24) is 4.90 Å². The second-order valence-corrected chi connectivity index (χ2v) is 9.33. The summed E-state index contributed by atoms with van der Waals surface area (Å²) in [5, 5.41) is 0. The van der Waals surface area contributed by atoms with Gasteiger partial charge in [0.2, 0.25) is 0 Å². The van der Waals surface area contributed by atoms with Crippen LogP contribution in [0.4, 0.5) is 0 Å². The first-order chi connectivity index (χ1) is 13.3. The highest BCUT2D eigenvalue weighted by Gasteiger charge is 2.26. The van der Waals surface area contributed by atoms with Gasteiger partial charge < -0.3 is 14.5 Å². The minimum Gasteiger partial charge on any atom is -0.497 e. The molecule has 0 radical (unpaired) electrons. The molecule has 3 rings (SSSR count). The van der Waals surface area contributed by atoms with Crippen LogP contribution >= 0.6 is 0 Å². The lowest BCUT2D eigenvalue weighted by atomic mass is 10.1. The van der Waals surface area contributed by atoms with E-state index in [2.05, 4.69) is 12.1 Å². The summed E-state index contributed by atoms with van der Waals surface area (Å²) in [4.78, 5) is 16.4. The number of benzene rings is 2. The second kappa shape index (κ2) is 8.32. The number of rotatable bonds is 5. The Bertz CT molecular complexity index is 947. The Hall–Kier alpha value is -2.38. The molecule has 7 heteroatoms. The maximum absolute atomic E-state index is 12.9. The van der Waals surface area contributed by atoms with Gasteiger partial charge in [0, 0.05) is 17.4 Å². The third-order valence-corrected chi connectivity index (χ3v) is 6.35. The molecule has 1 fully saturated rings. The van der Waals surface area contributed by atoms with Crippen molar-refractivity contribution in [1.29, 1.82) is 0 Å². The quantitative estimate of drug-likeness (QED) is 0.807. The van der Waals surface area contributed by atoms with Gasteiger partial charge in [-0.3, -0.25) is 4.79 Å². The number of piperazine rings is 1. The molecule has 1 heterocycles. The smallest absolute Gasteiger partial charge is 0.254 e. The minimum absolute atomic E-state index is 0.0912. The number of hydrogen-bond donors (Lipinski definition) is 1. The largest absolute Gasteiger partial charge is 0.497 e. The summed E-state index contributed by atoms with van der Waals surface area (Å²) in [6.45, 7) is 5.80. The molecular weight excluding hydrogens is 376 g/mol. The summed E-state index contributed by atoms with van der Waals surface area (Å²) in [6, 6.07) is 12.8. The molecule has 1 aliphatic heterocycles. The van der Waals surface area contributed by atoms with Crippen LogP contribution in [-0.2, 0) is 16.4 Å². The number of carbonyl (C=O) groups excluding carboxylic acids is 1. The molecule has 1 saturated heterocycles. The normalized spacial score (nSPS) is 15.5. The molecular formula is C21H27N2O4S+. The average molecular weight is 404 g/mol. The van der Waals surface area contributed by atoms with E-state index in [-0.39, 0.29) is 10.8 Å². The van der Waals surface area contributed by atoms with Gasteiger partial charge in [0.15, 0.2) is 9.84 Å². The number of sulfone groups is 1. The molecule has 150 valence electrons. The third kappa shape index (κ3) is 4.72. The summed E-state index contributed by atoms with van der Waals surface area (Å²) >= 11 is 0. The highest BCUT2D eigenvalue weighted by molar-refractivity contribution is 7.90. The Labute approximate surface area is 166 Å². The van der Waals surface area contributed by atoms with Crippen molar-refractivity contribution in [2.24, 2.45) is 0 Å². The first-order valence-corrected chi connectivity index (χ1v) is 11.2. The zero-order chi connectivity index (χ0) is 20.3. The predicted molar refractivity (Wildman–Crippen MR) is 108 cm³/mol. The van der Waals surface area contributed by atoms with E-state index >= 15 is 0 Å². The summed E-state index contributed by atoms with van der Waals surface area (Å²) in [5.74, 6) is 0.757. The van der Waals surface area contributed by atoms with Gasteiger partial charge in [-0.25, -0.2) is 8.42 Å². The molecule has 0 aromatic heterocycles. The zero-order valence-corrected chi connectivity index (χ0v) is 17.4. The average Bonchev–Trinajstić information content (AvgIpc) is 2.68. The predicted octanol–water partition coefficient (Wildman–Crippen LogP) is 0.948. The molecule has 28 heavy (non-hydrogen) atoms. The van der Waals surface area contributed by atoms with E-state index < -0.39 is 9.84 Å². The Morgan fingerprint density at radius 3 is 2.32 bits per heavy atom. The van der Waals surface area contributed by atoms with Crippen molar-refractivity contribution in [3.8, 4) is 5.75 Å². The fourth-order valence-electron chi connectivity index (χ4n) is 3.47. The molecule has 6 nitrogen and oxygen atoms in total. The monoisotopic (exact) mass is 403 g/mol. The molecule has 2 aromatic carbocycles. The molecule has 0 saturated carbocycles. The Balaban J connectivity index is 1.63. The van der Waals surface area contributed by atoms with Crippen LogP contribution < -0.4 is 9.64 Å². The van der Waals surface area contributed by atoms with Crippen molar-refractivity contribution < 1.29 is 22.8 Å². The van der Waals surface area contributed by atoms with E-state index in [1.54, 1.807) is 19.2 Å². The number of hydrogen-bond acceptors (Lipinski definition) is 4. The van der Waals surface area contributed by atoms with Crippen LogP contribution in [0.1, 0.15) is 21.5 Å². The van der Waals surface area contributed by atoms with Gasteiger partial charge in [-0.05, 0) is 48.9 Å². The Kier molecular flexibility index (Phi) is 6.05. The summed E-state index contributed by atoms with van der Waals surface area (Å²) in [5.41, 5.74) is 2.51. The van der Waals surface area contributed by atoms with Gasteiger partial charge in [0.25, 0.3) is 5.91 Å². The number of nitrogens with zero attached hydrogens (tertiary/aromatic N) is 1. The highest BCUT2D eigenvalue weighted by atomic mass is 32.2. The molecule has 0 spiro atoms. The van der Waals surface area contributed by atoms with Crippen LogP contribution in [0.5, 0.6) is 5.75 Å². The van der Waals surface area contributed by atoms with E-state index in [1.165, 1.54) is 16.5 Å². The van der Waals surface area contributed by atoms with Gasteiger partial charge in [-0.15, -0.1) is 0 Å². The van der Waals surface area contributed by atoms with Crippen LogP contribution in [0.25, 0.3) is 0 Å². The van der Waals surface area contributed by atoms with Gasteiger partial charge >= 0.3 is 0 Å². The number of nitrogens with one attached hydrogen (secondary N) is 1. The fourth-order valence-corrected chi connectivity index (χ4v) is 4.11. The Morgan fingerprint density at radius 1 is 1.11 bits per heavy atom. The van der Waals surface area contributed by atoms with Crippen LogP contribution in [0.2, 0.25) is 0 Å². The second-order valence-electron chi connectivity index (χ2n) is 7.32. The van der Waals surface area contributed by atoms with E-state index in [9.17, 15) is 13.2 Å². The number of aryl methyl sites for hydroxylation is 1. The first-order valence-electron chi connectivity index (χ1n) is 9.34. The molecule has 0 atom stereocenters. The molecule has 1 aliphatic rings. The molecule has 2 aromatic rings. The lowest BCUT2D eigenvalue weighted by molar-refractivity contribution is -0.917. The van der Waals surface area contributed by atoms with E-state index in [4.69, 9.17) is 4.74 Å². The summed E-state index contributed by atoms with van der Waals surface area (Å²) in [6.07, 6.45) is 1.16. The number of ether oxygens (including phenoxy) is 1. The van der Waals surface area contributed by atoms with Crippen molar-refractivity contribution >= 4 is 15.7 Å². The standard InChI is InChI=1S/C21H26N2O4S/c1-16-4-9-19(28(3,25)26)14-20(16)21(24)23-12-10-22(11-13-23)15-17-5-7-18(27-2)8-6-17/h4-9,14H,10-13,15H2,1-3H3/p+1. The molecule has 1 amide bonds. The summed E-state index contributed by atoms with van der Waals surface area (Å²) in [7, 11) is -1.68. The summed E-state index contributed by atoms with van der Waals surface area (Å²) < 4.78 is 28.8. The minimum atomic E-state index is -3.34. The van der Waals surface area contributed by atoms with E-state index in [0.29, 0.717) is 18.7 Å². The molecule has 1 N–H and O–H groups in total. The number of amides is 1. The zero-order valence-electron chi connectivity index (χ0n) is 16.6. The van der Waals surface area contributed by atoms with Crippen molar-refractivity contribution in [2.75, 3.05) is 39.5 Å². The number of carbonyl (C=O) groups is 1. The van der Waals surface area contributed by atoms with E-state index in [1.807, 2.05) is 24.0 Å². The molecule has 0 unspecified atom stereocenters. The van der Waals surface area contributed by atoms with Crippen LogP contribution in [-0.4, -0.2) is 58.8 Å². The van der Waals surface area contributed by atoms with Crippen molar-refractivity contribution in [3.05, 3.63) is 59.2 Å². The van der Waals surface area contributed by atoms with Crippen LogP contribution in [0.15, 0.2) is 47.4 Å². The third-order valence-electron chi connectivity index (χ3n) is 5.24. The maximum atomic E-state index is 12.9. The maximum Gasteiger partial charge on any atom is 0.254 e.